The Morgan fingerprint density at radius 2 is 1.75 bits per heavy atom. The van der Waals surface area contributed by atoms with E-state index in [2.05, 4.69) is 9.71 Å². The van der Waals surface area contributed by atoms with Gasteiger partial charge in [0.1, 0.15) is 0 Å². The van der Waals surface area contributed by atoms with Crippen molar-refractivity contribution in [3.05, 3.63) is 65.9 Å². The fourth-order valence-electron chi connectivity index (χ4n) is 2.73. The molecule has 1 N–H and O–H groups in total. The number of para-hydroxylation sites is 1. The molecule has 0 aliphatic heterocycles. The second-order valence-corrected chi connectivity index (χ2v) is 8.23. The van der Waals surface area contributed by atoms with Gasteiger partial charge in [0.2, 0.25) is 0 Å². The number of aromatic nitrogens is 1. The summed E-state index contributed by atoms with van der Waals surface area (Å²) in [4.78, 5) is 5.95. The van der Waals surface area contributed by atoms with Crippen LogP contribution in [0.5, 0.6) is 0 Å². The zero-order chi connectivity index (χ0) is 20.5. The molecule has 5 nitrogen and oxygen atoms in total. The highest BCUT2D eigenvalue weighted by Crippen LogP contribution is 2.31. The summed E-state index contributed by atoms with van der Waals surface area (Å²) in [5.41, 5.74) is 0.343. The monoisotopic (exact) mass is 409 g/mol. The fraction of sp³-hybridized carbons (Fsp3) is 0.211. The van der Waals surface area contributed by atoms with E-state index < -0.39 is 26.7 Å². The van der Waals surface area contributed by atoms with Gasteiger partial charge >= 0.3 is 6.18 Å². The number of halogens is 3. The molecule has 0 radical (unpaired) electrons. The zero-order valence-electron chi connectivity index (χ0n) is 15.2. The predicted molar refractivity (Wildman–Crippen MR) is 101 cm³/mol. The summed E-state index contributed by atoms with van der Waals surface area (Å²) in [6.07, 6.45) is -4.63. The molecule has 0 saturated heterocycles. The smallest absolute Gasteiger partial charge is 0.304 e. The van der Waals surface area contributed by atoms with E-state index in [0.29, 0.717) is 23.5 Å². The van der Waals surface area contributed by atoms with Gasteiger partial charge in [-0.05, 0) is 44.4 Å². The molecule has 0 spiro atoms. The lowest BCUT2D eigenvalue weighted by Crippen LogP contribution is -2.15. The Morgan fingerprint density at radius 3 is 2.43 bits per heavy atom. The van der Waals surface area contributed by atoms with Crippen LogP contribution in [0, 0.1) is 0 Å². The number of hydrogen-bond acceptors (Lipinski definition) is 4. The average molecular weight is 409 g/mol. The van der Waals surface area contributed by atoms with Crippen molar-refractivity contribution in [1.82, 2.24) is 9.88 Å². The van der Waals surface area contributed by atoms with Gasteiger partial charge in [-0.15, -0.1) is 0 Å². The summed E-state index contributed by atoms with van der Waals surface area (Å²) in [6.45, 7) is 0.560. The van der Waals surface area contributed by atoms with Crippen LogP contribution in [0.3, 0.4) is 0 Å². The van der Waals surface area contributed by atoms with E-state index in [0.717, 1.165) is 23.9 Å². The van der Waals surface area contributed by atoms with Crippen LogP contribution >= 0.6 is 0 Å². The van der Waals surface area contributed by atoms with Crippen LogP contribution in [-0.4, -0.2) is 32.4 Å². The molecule has 0 unspecified atom stereocenters. The van der Waals surface area contributed by atoms with Crippen molar-refractivity contribution in [3.8, 4) is 0 Å². The Kier molecular flexibility index (Phi) is 5.31. The van der Waals surface area contributed by atoms with Gasteiger partial charge in [0, 0.05) is 11.9 Å². The fourth-order valence-corrected chi connectivity index (χ4v) is 3.84. The van der Waals surface area contributed by atoms with Gasteiger partial charge in [-0.1, -0.05) is 24.3 Å². The standard InChI is InChI=1S/C19H18F3N3O2S/c1-25(2)12-15-10-9-13-5-3-8-17(18(13)23-15)24-28(26,27)16-7-4-6-14(11-16)19(20,21)22/h3-11,24H,12H2,1-2H3. The van der Waals surface area contributed by atoms with Gasteiger partial charge in [-0.2, -0.15) is 13.2 Å². The molecule has 3 aromatic rings. The summed E-state index contributed by atoms with van der Waals surface area (Å²) in [6, 6.07) is 12.2. The molecule has 0 bridgehead atoms. The minimum absolute atomic E-state index is 0.204. The van der Waals surface area contributed by atoms with Crippen molar-refractivity contribution in [3.63, 3.8) is 0 Å². The summed E-state index contributed by atoms with van der Waals surface area (Å²) in [5.74, 6) is 0. The molecule has 0 aliphatic rings. The normalized spacial score (nSPS) is 12.5. The molecule has 148 valence electrons. The predicted octanol–water partition coefficient (Wildman–Crippen LogP) is 4.12. The number of benzene rings is 2. The van der Waals surface area contributed by atoms with E-state index in [9.17, 15) is 21.6 Å². The largest absolute Gasteiger partial charge is 0.416 e. The highest BCUT2D eigenvalue weighted by Gasteiger charge is 2.31. The molecular weight excluding hydrogens is 391 g/mol. The van der Waals surface area contributed by atoms with Crippen molar-refractivity contribution < 1.29 is 21.6 Å². The number of sulfonamides is 1. The maximum Gasteiger partial charge on any atom is 0.416 e. The Labute approximate surface area is 160 Å². The van der Waals surface area contributed by atoms with Gasteiger partial charge < -0.3 is 4.90 Å². The summed E-state index contributed by atoms with van der Waals surface area (Å²) < 4.78 is 66.4. The Hall–Kier alpha value is -2.65. The third kappa shape index (κ3) is 4.42. The third-order valence-corrected chi connectivity index (χ3v) is 5.34. The van der Waals surface area contributed by atoms with E-state index in [4.69, 9.17) is 0 Å². The molecule has 0 saturated carbocycles. The van der Waals surface area contributed by atoms with Gasteiger partial charge in [-0.3, -0.25) is 4.72 Å². The maximum absolute atomic E-state index is 12.9. The first-order valence-corrected chi connectivity index (χ1v) is 9.78. The van der Waals surface area contributed by atoms with E-state index >= 15 is 0 Å². The second kappa shape index (κ2) is 7.40. The molecule has 28 heavy (non-hydrogen) atoms. The highest BCUT2D eigenvalue weighted by molar-refractivity contribution is 7.92. The first-order valence-electron chi connectivity index (χ1n) is 8.30. The number of anilines is 1. The molecule has 0 fully saturated rings. The quantitative estimate of drug-likeness (QED) is 0.689. The second-order valence-electron chi connectivity index (χ2n) is 6.55. The molecule has 1 aromatic heterocycles. The van der Waals surface area contributed by atoms with Crippen molar-refractivity contribution in [1.29, 1.82) is 0 Å². The maximum atomic E-state index is 12.9. The van der Waals surface area contributed by atoms with Crippen molar-refractivity contribution in [2.24, 2.45) is 0 Å². The highest BCUT2D eigenvalue weighted by atomic mass is 32.2. The third-order valence-electron chi connectivity index (χ3n) is 3.97. The van der Waals surface area contributed by atoms with Crippen molar-refractivity contribution in [2.75, 3.05) is 18.8 Å². The number of pyridine rings is 1. The number of fused-ring (bicyclic) bond motifs is 1. The van der Waals surface area contributed by atoms with Gasteiger partial charge in [0.25, 0.3) is 10.0 Å². The van der Waals surface area contributed by atoms with Gasteiger partial charge in [0.15, 0.2) is 0 Å². The van der Waals surface area contributed by atoms with Crippen LogP contribution in [0.25, 0.3) is 10.9 Å². The minimum Gasteiger partial charge on any atom is -0.304 e. The number of hydrogen-bond donors (Lipinski definition) is 1. The average Bonchev–Trinajstić information content (AvgIpc) is 2.61. The SMILES string of the molecule is CN(C)Cc1ccc2cccc(NS(=O)(=O)c3cccc(C(F)(F)F)c3)c2n1. The van der Waals surface area contributed by atoms with E-state index in [1.165, 1.54) is 6.07 Å². The zero-order valence-corrected chi connectivity index (χ0v) is 16.0. The lowest BCUT2D eigenvalue weighted by atomic mass is 10.2. The van der Waals surface area contributed by atoms with Crippen LogP contribution in [0.15, 0.2) is 59.5 Å². The Bertz CT molecular complexity index is 1110. The van der Waals surface area contributed by atoms with Crippen LogP contribution < -0.4 is 4.72 Å². The Morgan fingerprint density at radius 1 is 1.04 bits per heavy atom. The van der Waals surface area contributed by atoms with Crippen LogP contribution in [-0.2, 0) is 22.7 Å². The van der Waals surface area contributed by atoms with E-state index in [1.54, 1.807) is 12.1 Å². The molecule has 0 aliphatic carbocycles. The number of nitrogens with zero attached hydrogens (tertiary/aromatic N) is 2. The molecule has 0 atom stereocenters. The summed E-state index contributed by atoms with van der Waals surface area (Å²) >= 11 is 0. The molecule has 2 aromatic carbocycles. The minimum atomic E-state index is -4.63. The van der Waals surface area contributed by atoms with Crippen LogP contribution in [0.2, 0.25) is 0 Å². The number of nitrogens with one attached hydrogen (secondary N) is 1. The van der Waals surface area contributed by atoms with E-state index in [1.807, 2.05) is 31.1 Å². The van der Waals surface area contributed by atoms with Crippen molar-refractivity contribution >= 4 is 26.6 Å². The number of alkyl halides is 3. The van der Waals surface area contributed by atoms with Gasteiger partial charge in [0.05, 0.1) is 27.4 Å². The lowest BCUT2D eigenvalue weighted by molar-refractivity contribution is -0.137. The topological polar surface area (TPSA) is 62.3 Å². The van der Waals surface area contributed by atoms with Crippen molar-refractivity contribution in [2.45, 2.75) is 17.6 Å². The number of rotatable bonds is 5. The Balaban J connectivity index is 2.01. The molecule has 9 heteroatoms. The first-order chi connectivity index (χ1) is 13.1. The van der Waals surface area contributed by atoms with Gasteiger partial charge in [-0.25, -0.2) is 13.4 Å². The molecule has 1 heterocycles. The summed E-state index contributed by atoms with van der Waals surface area (Å²) in [7, 11) is -0.458. The summed E-state index contributed by atoms with van der Waals surface area (Å²) in [5, 5.41) is 0.715. The molecular formula is C19H18F3N3O2S. The molecule has 3 rings (SSSR count). The van der Waals surface area contributed by atoms with Crippen LogP contribution in [0.4, 0.5) is 18.9 Å². The molecule has 0 amide bonds. The van der Waals surface area contributed by atoms with Crippen LogP contribution in [0.1, 0.15) is 11.3 Å². The van der Waals surface area contributed by atoms with E-state index in [-0.39, 0.29) is 5.69 Å². The first kappa shape index (κ1) is 20.1. The lowest BCUT2D eigenvalue weighted by Gasteiger charge is -2.14.